The summed E-state index contributed by atoms with van der Waals surface area (Å²) < 4.78 is 12.8. The van der Waals surface area contributed by atoms with E-state index < -0.39 is 0 Å². The van der Waals surface area contributed by atoms with Crippen molar-refractivity contribution in [1.29, 1.82) is 0 Å². The molecule has 36 heavy (non-hydrogen) atoms. The van der Waals surface area contributed by atoms with E-state index >= 15 is 0 Å². The molecule has 1 saturated heterocycles. The highest BCUT2D eigenvalue weighted by atomic mass is 35.5. The van der Waals surface area contributed by atoms with E-state index in [-0.39, 0.29) is 24.4 Å². The molecule has 0 unspecified atom stereocenters. The van der Waals surface area contributed by atoms with Crippen molar-refractivity contribution < 1.29 is 14.3 Å². The molecule has 5 rings (SSSR count). The lowest BCUT2D eigenvalue weighted by Gasteiger charge is -2.29. The second-order valence-corrected chi connectivity index (χ2v) is 9.27. The molecule has 0 bridgehead atoms. The molecule has 1 amide bonds. The Balaban J connectivity index is 0.00000304. The van der Waals surface area contributed by atoms with Crippen LogP contribution in [0.25, 0.3) is 11.0 Å². The topological polar surface area (TPSA) is 97.6 Å². The second-order valence-electron chi connectivity index (χ2n) is 9.27. The summed E-state index contributed by atoms with van der Waals surface area (Å²) >= 11 is 0. The largest absolute Gasteiger partial charge is 0.495 e. The quantitative estimate of drug-likeness (QED) is 0.489. The number of anilines is 2. The number of nitrogens with zero attached hydrogens (tertiary/aromatic N) is 6. The lowest BCUT2D eigenvalue weighted by Crippen LogP contribution is -2.36. The van der Waals surface area contributed by atoms with E-state index in [0.29, 0.717) is 12.5 Å². The van der Waals surface area contributed by atoms with Crippen molar-refractivity contribution in [2.24, 2.45) is 0 Å². The molecule has 0 radical (unpaired) electrons. The van der Waals surface area contributed by atoms with Crippen LogP contribution in [0.5, 0.6) is 5.75 Å². The van der Waals surface area contributed by atoms with Crippen molar-refractivity contribution in [2.75, 3.05) is 45.8 Å². The van der Waals surface area contributed by atoms with E-state index in [1.807, 2.05) is 9.58 Å². The van der Waals surface area contributed by atoms with Gasteiger partial charge in [0, 0.05) is 46.4 Å². The van der Waals surface area contributed by atoms with Gasteiger partial charge in [-0.25, -0.2) is 9.67 Å². The summed E-state index contributed by atoms with van der Waals surface area (Å²) in [5, 5.41) is 8.77. The normalized spacial score (nSPS) is 17.6. The van der Waals surface area contributed by atoms with Crippen LogP contribution in [0.1, 0.15) is 30.9 Å². The maximum Gasteiger partial charge on any atom is 0.229 e. The fourth-order valence-corrected chi connectivity index (χ4v) is 5.14. The number of carbonyl (C=O) groups excluding carboxylic acids is 1. The van der Waals surface area contributed by atoms with Crippen LogP contribution in [0.4, 0.5) is 11.6 Å². The standard InChI is InChI=1S/C25H33N7O3.ClH/c1-17(33)31-7-4-5-21(31)16-32-24-20(14-27-32)13-26-25(29-24)28-22-11-19-15-30(9-10-34-2)8-6-18(19)12-23(22)35-3;/h11-14,21H,4-10,15-16H2,1-3H3,(H,26,28,29);1H/t21-;/m0./s1. The third-order valence-electron chi connectivity index (χ3n) is 7.01. The summed E-state index contributed by atoms with van der Waals surface area (Å²) in [4.78, 5) is 25.6. The number of carbonyl (C=O) groups is 1. The first-order valence-electron chi connectivity index (χ1n) is 12.2. The number of halogens is 1. The predicted molar refractivity (Wildman–Crippen MR) is 140 cm³/mol. The van der Waals surface area contributed by atoms with E-state index in [9.17, 15) is 4.79 Å². The van der Waals surface area contributed by atoms with Crippen molar-refractivity contribution in [3.05, 3.63) is 35.7 Å². The van der Waals surface area contributed by atoms with Crippen molar-refractivity contribution in [1.82, 2.24) is 29.5 Å². The number of likely N-dealkylation sites (tertiary alicyclic amines) is 1. The summed E-state index contributed by atoms with van der Waals surface area (Å²) in [6.07, 6.45) is 6.54. The van der Waals surface area contributed by atoms with Crippen molar-refractivity contribution in [3.63, 3.8) is 0 Å². The van der Waals surface area contributed by atoms with E-state index in [1.54, 1.807) is 33.5 Å². The monoisotopic (exact) mass is 515 g/mol. The van der Waals surface area contributed by atoms with Crippen molar-refractivity contribution >= 4 is 41.0 Å². The van der Waals surface area contributed by atoms with Gasteiger partial charge in [-0.15, -0.1) is 12.4 Å². The van der Waals surface area contributed by atoms with Gasteiger partial charge < -0.3 is 19.7 Å². The Morgan fingerprint density at radius 1 is 1.19 bits per heavy atom. The highest BCUT2D eigenvalue weighted by Crippen LogP contribution is 2.33. The first-order chi connectivity index (χ1) is 17.1. The van der Waals surface area contributed by atoms with Crippen LogP contribution in [0.2, 0.25) is 0 Å². The molecular formula is C25H34ClN7O3. The molecule has 0 aliphatic carbocycles. The lowest BCUT2D eigenvalue weighted by atomic mass is 9.98. The number of hydrogen-bond donors (Lipinski definition) is 1. The third kappa shape index (κ3) is 5.40. The number of nitrogens with one attached hydrogen (secondary N) is 1. The molecule has 1 atom stereocenters. The van der Waals surface area contributed by atoms with Gasteiger partial charge >= 0.3 is 0 Å². The van der Waals surface area contributed by atoms with Gasteiger partial charge in [-0.2, -0.15) is 10.1 Å². The molecular weight excluding hydrogens is 482 g/mol. The molecule has 194 valence electrons. The molecule has 1 aromatic carbocycles. The van der Waals surface area contributed by atoms with Gasteiger partial charge in [-0.05, 0) is 42.5 Å². The minimum atomic E-state index is 0. The van der Waals surface area contributed by atoms with Crippen LogP contribution in [0.15, 0.2) is 24.5 Å². The molecule has 11 heteroatoms. The molecule has 0 saturated carbocycles. The number of rotatable bonds is 8. The van der Waals surface area contributed by atoms with E-state index in [4.69, 9.17) is 14.5 Å². The maximum absolute atomic E-state index is 12.0. The van der Waals surface area contributed by atoms with Gasteiger partial charge in [0.1, 0.15) is 5.75 Å². The molecule has 10 nitrogen and oxygen atoms in total. The second kappa shape index (κ2) is 11.4. The van der Waals surface area contributed by atoms with Crippen LogP contribution in [-0.4, -0.2) is 82.0 Å². The number of ether oxygens (including phenoxy) is 2. The van der Waals surface area contributed by atoms with E-state index in [0.717, 1.165) is 74.5 Å². The van der Waals surface area contributed by atoms with Gasteiger partial charge in [-0.1, -0.05) is 0 Å². The van der Waals surface area contributed by atoms with Crippen molar-refractivity contribution in [2.45, 2.75) is 45.3 Å². The minimum absolute atomic E-state index is 0. The molecule has 0 spiro atoms. The maximum atomic E-state index is 12.0. The number of methoxy groups -OCH3 is 2. The van der Waals surface area contributed by atoms with Gasteiger partial charge in [0.05, 0.1) is 43.6 Å². The fraction of sp³-hybridized carbons (Fsp3) is 0.520. The summed E-state index contributed by atoms with van der Waals surface area (Å²) in [5.41, 5.74) is 4.17. The summed E-state index contributed by atoms with van der Waals surface area (Å²) in [7, 11) is 3.42. The predicted octanol–water partition coefficient (Wildman–Crippen LogP) is 3.02. The van der Waals surface area contributed by atoms with Gasteiger partial charge in [0.2, 0.25) is 11.9 Å². The number of benzene rings is 1. The Kier molecular flexibility index (Phi) is 8.28. The zero-order chi connectivity index (χ0) is 24.4. The number of fused-ring (bicyclic) bond motifs is 2. The Labute approximate surface area is 217 Å². The van der Waals surface area contributed by atoms with E-state index in [2.05, 4.69) is 32.4 Å². The number of hydrogen-bond acceptors (Lipinski definition) is 8. The van der Waals surface area contributed by atoms with Crippen LogP contribution >= 0.6 is 12.4 Å². The first-order valence-corrected chi connectivity index (χ1v) is 12.2. The molecule has 3 aromatic rings. The highest BCUT2D eigenvalue weighted by Gasteiger charge is 2.27. The number of amides is 1. The molecule has 2 aliphatic rings. The van der Waals surface area contributed by atoms with Gasteiger partial charge in [-0.3, -0.25) is 9.69 Å². The zero-order valence-corrected chi connectivity index (χ0v) is 21.9. The highest BCUT2D eigenvalue weighted by molar-refractivity contribution is 5.85. The average molecular weight is 516 g/mol. The zero-order valence-electron chi connectivity index (χ0n) is 21.1. The summed E-state index contributed by atoms with van der Waals surface area (Å²) in [6, 6.07) is 4.40. The summed E-state index contributed by atoms with van der Waals surface area (Å²) in [5.74, 6) is 1.37. The van der Waals surface area contributed by atoms with Crippen LogP contribution in [0, 0.1) is 0 Å². The fourth-order valence-electron chi connectivity index (χ4n) is 5.14. The molecule has 2 aliphatic heterocycles. The Hall–Kier alpha value is -2.95. The Bertz CT molecular complexity index is 1220. The molecule has 4 heterocycles. The van der Waals surface area contributed by atoms with E-state index in [1.165, 1.54) is 11.1 Å². The minimum Gasteiger partial charge on any atom is -0.495 e. The van der Waals surface area contributed by atoms with Crippen LogP contribution in [0.3, 0.4) is 0 Å². The lowest BCUT2D eigenvalue weighted by molar-refractivity contribution is -0.129. The smallest absolute Gasteiger partial charge is 0.229 e. The number of aromatic nitrogens is 4. The SMILES string of the molecule is COCCN1CCc2cc(OC)c(Nc3ncc4cnn(C[C@@H]5CCCN5C(C)=O)c4n3)cc2C1.Cl. The van der Waals surface area contributed by atoms with Gasteiger partial charge in [0.15, 0.2) is 5.65 Å². The van der Waals surface area contributed by atoms with Crippen molar-refractivity contribution in [3.8, 4) is 5.75 Å². The average Bonchev–Trinajstić information content (AvgIpc) is 3.49. The van der Waals surface area contributed by atoms with Gasteiger partial charge in [0.25, 0.3) is 0 Å². The molecule has 2 aromatic heterocycles. The first kappa shape index (κ1) is 26.1. The van der Waals surface area contributed by atoms with Crippen LogP contribution < -0.4 is 10.1 Å². The third-order valence-corrected chi connectivity index (χ3v) is 7.01. The Morgan fingerprint density at radius 2 is 2.06 bits per heavy atom. The molecule has 1 N–H and O–H groups in total. The Morgan fingerprint density at radius 3 is 2.83 bits per heavy atom. The molecule has 1 fully saturated rings. The van der Waals surface area contributed by atoms with Crippen LogP contribution in [-0.2, 0) is 29.0 Å². The summed E-state index contributed by atoms with van der Waals surface area (Å²) in [6.45, 7) is 6.59.